The van der Waals surface area contributed by atoms with Crippen LogP contribution in [0, 0.1) is 5.92 Å². The molecule has 0 aromatic heterocycles. The van der Waals surface area contributed by atoms with Gasteiger partial charge in [0.1, 0.15) is 6.04 Å². The van der Waals surface area contributed by atoms with Crippen molar-refractivity contribution in [2.75, 3.05) is 12.3 Å². The normalized spacial score (nSPS) is 27.2. The second-order valence-electron chi connectivity index (χ2n) is 4.68. The van der Waals surface area contributed by atoms with Gasteiger partial charge in [0, 0.05) is 6.54 Å². The van der Waals surface area contributed by atoms with Crippen LogP contribution in [0.2, 0.25) is 0 Å². The van der Waals surface area contributed by atoms with E-state index in [0.29, 0.717) is 18.9 Å². The molecule has 5 nitrogen and oxygen atoms in total. The van der Waals surface area contributed by atoms with Crippen molar-refractivity contribution in [3.63, 3.8) is 0 Å². The lowest BCUT2D eigenvalue weighted by molar-refractivity contribution is -0.122. The highest BCUT2D eigenvalue weighted by molar-refractivity contribution is 7.89. The molecule has 0 spiro atoms. The first kappa shape index (κ1) is 11.9. The van der Waals surface area contributed by atoms with E-state index in [-0.39, 0.29) is 11.7 Å². The molecule has 0 aromatic carbocycles. The van der Waals surface area contributed by atoms with Gasteiger partial charge in [0.05, 0.1) is 5.75 Å². The molecule has 1 aliphatic heterocycles. The third kappa shape index (κ3) is 3.45. The standard InChI is InChI=1S/C10H18N2O3S/c13-10-9(3-1-2-6-11-10)12-16(14,15)7-8-4-5-8/h8-9,12H,1-7H2,(H,11,13). The van der Waals surface area contributed by atoms with E-state index in [2.05, 4.69) is 10.0 Å². The molecule has 0 bridgehead atoms. The summed E-state index contributed by atoms with van der Waals surface area (Å²) in [6.45, 7) is 0.652. The zero-order valence-corrected chi connectivity index (χ0v) is 10.1. The number of carbonyl (C=O) groups is 1. The zero-order valence-electron chi connectivity index (χ0n) is 9.24. The van der Waals surface area contributed by atoms with Gasteiger partial charge in [-0.3, -0.25) is 4.79 Å². The molecular weight excluding hydrogens is 228 g/mol. The van der Waals surface area contributed by atoms with Crippen molar-refractivity contribution in [1.29, 1.82) is 0 Å². The summed E-state index contributed by atoms with van der Waals surface area (Å²) in [7, 11) is -3.28. The highest BCUT2D eigenvalue weighted by Crippen LogP contribution is 2.30. The molecule has 92 valence electrons. The van der Waals surface area contributed by atoms with E-state index >= 15 is 0 Å². The highest BCUT2D eigenvalue weighted by atomic mass is 32.2. The molecule has 1 unspecified atom stereocenters. The molecule has 2 rings (SSSR count). The molecule has 6 heteroatoms. The van der Waals surface area contributed by atoms with Crippen molar-refractivity contribution in [2.24, 2.45) is 5.92 Å². The highest BCUT2D eigenvalue weighted by Gasteiger charge is 2.31. The molecule has 1 saturated heterocycles. The number of hydrogen-bond acceptors (Lipinski definition) is 3. The lowest BCUT2D eigenvalue weighted by Crippen LogP contribution is -2.46. The average molecular weight is 246 g/mol. The number of hydrogen-bond donors (Lipinski definition) is 2. The van der Waals surface area contributed by atoms with Crippen molar-refractivity contribution in [2.45, 2.75) is 38.1 Å². The molecule has 2 aliphatic rings. The first-order chi connectivity index (χ1) is 7.57. The van der Waals surface area contributed by atoms with Gasteiger partial charge in [-0.2, -0.15) is 0 Å². The van der Waals surface area contributed by atoms with Gasteiger partial charge < -0.3 is 5.32 Å². The topological polar surface area (TPSA) is 75.3 Å². The van der Waals surface area contributed by atoms with Gasteiger partial charge in [-0.1, -0.05) is 0 Å². The Labute approximate surface area is 96.0 Å². The largest absolute Gasteiger partial charge is 0.355 e. The maximum atomic E-state index is 11.7. The van der Waals surface area contributed by atoms with Crippen LogP contribution in [-0.4, -0.2) is 32.7 Å². The Morgan fingerprint density at radius 2 is 2.00 bits per heavy atom. The van der Waals surface area contributed by atoms with Gasteiger partial charge in [-0.25, -0.2) is 13.1 Å². The van der Waals surface area contributed by atoms with Gasteiger partial charge in [-0.15, -0.1) is 0 Å². The van der Waals surface area contributed by atoms with Crippen LogP contribution in [0.1, 0.15) is 32.1 Å². The maximum absolute atomic E-state index is 11.7. The van der Waals surface area contributed by atoms with Crippen LogP contribution >= 0.6 is 0 Å². The predicted molar refractivity (Wildman–Crippen MR) is 60.3 cm³/mol. The Bertz CT molecular complexity index is 362. The maximum Gasteiger partial charge on any atom is 0.238 e. The van der Waals surface area contributed by atoms with E-state index in [1.807, 2.05) is 0 Å². The third-order valence-corrected chi connectivity index (χ3v) is 4.56. The van der Waals surface area contributed by atoms with Crippen LogP contribution in [0.4, 0.5) is 0 Å². The molecule has 2 N–H and O–H groups in total. The van der Waals surface area contributed by atoms with Crippen molar-refractivity contribution in [3.8, 4) is 0 Å². The summed E-state index contributed by atoms with van der Waals surface area (Å²) in [5.74, 6) is 0.305. The first-order valence-corrected chi connectivity index (χ1v) is 7.50. The van der Waals surface area contributed by atoms with E-state index in [1.54, 1.807) is 0 Å². The Morgan fingerprint density at radius 1 is 1.25 bits per heavy atom. The van der Waals surface area contributed by atoms with Crippen molar-refractivity contribution >= 4 is 15.9 Å². The lowest BCUT2D eigenvalue weighted by Gasteiger charge is -2.15. The zero-order chi connectivity index (χ0) is 11.6. The Hall–Kier alpha value is -0.620. The molecule has 1 amide bonds. The number of carbonyl (C=O) groups excluding carboxylic acids is 1. The predicted octanol–water partition coefficient (Wildman–Crippen LogP) is -0.0155. The van der Waals surface area contributed by atoms with Crippen LogP contribution in [0.3, 0.4) is 0 Å². The van der Waals surface area contributed by atoms with Gasteiger partial charge in [-0.05, 0) is 38.0 Å². The molecule has 16 heavy (non-hydrogen) atoms. The molecule has 1 aliphatic carbocycles. The van der Waals surface area contributed by atoms with Gasteiger partial charge in [0.25, 0.3) is 0 Å². The summed E-state index contributed by atoms with van der Waals surface area (Å²) in [5.41, 5.74) is 0. The average Bonchev–Trinajstić information content (AvgIpc) is 2.97. The van der Waals surface area contributed by atoms with Crippen molar-refractivity contribution < 1.29 is 13.2 Å². The molecule has 0 aromatic rings. The summed E-state index contributed by atoms with van der Waals surface area (Å²) in [6.07, 6.45) is 4.41. The van der Waals surface area contributed by atoms with Gasteiger partial charge in [0.2, 0.25) is 15.9 Å². The van der Waals surface area contributed by atoms with Crippen LogP contribution < -0.4 is 10.0 Å². The summed E-state index contributed by atoms with van der Waals surface area (Å²) in [6, 6.07) is -0.564. The summed E-state index contributed by atoms with van der Waals surface area (Å²) in [4.78, 5) is 11.6. The number of rotatable bonds is 4. The number of nitrogens with one attached hydrogen (secondary N) is 2. The Kier molecular flexibility index (Phi) is 3.49. The molecule has 0 radical (unpaired) electrons. The number of sulfonamides is 1. The van der Waals surface area contributed by atoms with E-state index in [0.717, 1.165) is 25.7 Å². The summed E-state index contributed by atoms with van der Waals surface area (Å²) in [5, 5.41) is 2.72. The van der Waals surface area contributed by atoms with Crippen LogP contribution in [-0.2, 0) is 14.8 Å². The first-order valence-electron chi connectivity index (χ1n) is 5.84. The van der Waals surface area contributed by atoms with Gasteiger partial charge in [0.15, 0.2) is 0 Å². The molecule has 1 saturated carbocycles. The van der Waals surface area contributed by atoms with Crippen molar-refractivity contribution in [3.05, 3.63) is 0 Å². The minimum Gasteiger partial charge on any atom is -0.355 e. The minimum atomic E-state index is -3.28. The van der Waals surface area contributed by atoms with E-state index in [1.165, 1.54) is 0 Å². The lowest BCUT2D eigenvalue weighted by atomic mass is 10.1. The Morgan fingerprint density at radius 3 is 2.69 bits per heavy atom. The number of amides is 1. The van der Waals surface area contributed by atoms with E-state index in [9.17, 15) is 13.2 Å². The minimum absolute atomic E-state index is 0.177. The third-order valence-electron chi connectivity index (χ3n) is 3.01. The summed E-state index contributed by atoms with van der Waals surface area (Å²) >= 11 is 0. The van der Waals surface area contributed by atoms with Crippen molar-refractivity contribution in [1.82, 2.24) is 10.0 Å². The second-order valence-corrected chi connectivity index (χ2v) is 6.48. The fourth-order valence-electron chi connectivity index (χ4n) is 1.91. The second kappa shape index (κ2) is 4.71. The van der Waals surface area contributed by atoms with Gasteiger partial charge >= 0.3 is 0 Å². The molecule has 2 fully saturated rings. The fourth-order valence-corrected chi connectivity index (χ4v) is 3.62. The Balaban J connectivity index is 1.92. The monoisotopic (exact) mass is 246 g/mol. The SMILES string of the molecule is O=C1NCCCCC1NS(=O)(=O)CC1CC1. The van der Waals surface area contributed by atoms with Crippen LogP contribution in [0.15, 0.2) is 0 Å². The molecule has 1 heterocycles. The van der Waals surface area contributed by atoms with E-state index in [4.69, 9.17) is 0 Å². The fraction of sp³-hybridized carbons (Fsp3) is 0.900. The quantitative estimate of drug-likeness (QED) is 0.732. The van der Waals surface area contributed by atoms with E-state index < -0.39 is 16.1 Å². The molecule has 1 atom stereocenters. The summed E-state index contributed by atoms with van der Waals surface area (Å²) < 4.78 is 25.9. The molecular formula is C10H18N2O3S. The van der Waals surface area contributed by atoms with Crippen LogP contribution in [0.25, 0.3) is 0 Å². The smallest absolute Gasteiger partial charge is 0.238 e. The van der Waals surface area contributed by atoms with Crippen LogP contribution in [0.5, 0.6) is 0 Å².